The summed E-state index contributed by atoms with van der Waals surface area (Å²) in [6.07, 6.45) is 1.22. The summed E-state index contributed by atoms with van der Waals surface area (Å²) in [6.45, 7) is 4.00. The lowest BCUT2D eigenvalue weighted by atomic mass is 10.1. The molecule has 0 aliphatic carbocycles. The molecular formula is C20H27NO4. The maximum atomic E-state index is 10.4. The van der Waals surface area contributed by atoms with Crippen molar-refractivity contribution in [3.63, 3.8) is 0 Å². The van der Waals surface area contributed by atoms with Crippen LogP contribution in [0.25, 0.3) is 0 Å². The number of nitrogens with two attached hydrogens (primary N) is 1. The van der Waals surface area contributed by atoms with Crippen LogP contribution in [-0.2, 0) is 22.4 Å². The molecule has 25 heavy (non-hydrogen) atoms. The number of hydrogen-bond donors (Lipinski definition) is 3. The van der Waals surface area contributed by atoms with Gasteiger partial charge in [0.1, 0.15) is 6.04 Å². The Morgan fingerprint density at radius 3 is 1.72 bits per heavy atom. The van der Waals surface area contributed by atoms with Crippen LogP contribution >= 0.6 is 0 Å². The third-order valence-corrected chi connectivity index (χ3v) is 3.09. The highest BCUT2D eigenvalue weighted by atomic mass is 16.4. The second kappa shape index (κ2) is 13.7. The fourth-order valence-corrected chi connectivity index (χ4v) is 1.85. The highest BCUT2D eigenvalue weighted by Crippen LogP contribution is 2.02. The third-order valence-electron chi connectivity index (χ3n) is 3.09. The Morgan fingerprint density at radius 2 is 1.32 bits per heavy atom. The Bertz CT molecular complexity index is 600. The zero-order chi connectivity index (χ0) is 19.1. The molecule has 2 aromatic rings. The van der Waals surface area contributed by atoms with Crippen LogP contribution in [-0.4, -0.2) is 28.2 Å². The van der Waals surface area contributed by atoms with Crippen molar-refractivity contribution in [1.29, 1.82) is 0 Å². The summed E-state index contributed by atoms with van der Waals surface area (Å²) in [5, 5.41) is 16.9. The van der Waals surface area contributed by atoms with Crippen LogP contribution in [0.5, 0.6) is 0 Å². The van der Waals surface area contributed by atoms with E-state index in [1.54, 1.807) is 0 Å². The van der Waals surface area contributed by atoms with Crippen LogP contribution < -0.4 is 5.73 Å². The van der Waals surface area contributed by atoms with Gasteiger partial charge in [0.2, 0.25) is 0 Å². The molecule has 0 aliphatic rings. The molecule has 4 N–H and O–H groups in total. The van der Waals surface area contributed by atoms with Crippen molar-refractivity contribution in [1.82, 2.24) is 0 Å². The Morgan fingerprint density at radius 1 is 0.880 bits per heavy atom. The summed E-state index contributed by atoms with van der Waals surface area (Å²) in [5.41, 5.74) is 7.38. The molecule has 0 bridgehead atoms. The van der Waals surface area contributed by atoms with Crippen molar-refractivity contribution < 1.29 is 19.8 Å². The molecule has 5 heteroatoms. The molecule has 136 valence electrons. The summed E-state index contributed by atoms with van der Waals surface area (Å²) in [5.74, 6) is -1.70. The van der Waals surface area contributed by atoms with E-state index in [9.17, 15) is 9.59 Å². The third kappa shape index (κ3) is 11.5. The molecule has 0 radical (unpaired) electrons. The fraction of sp³-hybridized carbons (Fsp3) is 0.300. The molecule has 0 saturated carbocycles. The van der Waals surface area contributed by atoms with E-state index in [-0.39, 0.29) is 6.42 Å². The summed E-state index contributed by atoms with van der Waals surface area (Å²) in [7, 11) is 0. The van der Waals surface area contributed by atoms with Crippen LogP contribution in [0.3, 0.4) is 0 Å². The van der Waals surface area contributed by atoms with E-state index in [0.717, 1.165) is 11.1 Å². The SMILES string of the molecule is CC.NC(Cc1ccccc1)C(=O)O.O=C(O)CCc1ccccc1. The predicted molar refractivity (Wildman–Crippen MR) is 99.5 cm³/mol. The minimum atomic E-state index is -0.959. The van der Waals surface area contributed by atoms with Crippen LogP contribution in [0.15, 0.2) is 60.7 Å². The first-order valence-corrected chi connectivity index (χ1v) is 8.27. The van der Waals surface area contributed by atoms with Crippen molar-refractivity contribution in [2.75, 3.05) is 0 Å². The summed E-state index contributed by atoms with van der Waals surface area (Å²) < 4.78 is 0. The first-order chi connectivity index (χ1) is 12.0. The zero-order valence-electron chi connectivity index (χ0n) is 14.8. The lowest BCUT2D eigenvalue weighted by Crippen LogP contribution is -2.32. The molecule has 0 saturated heterocycles. The molecule has 0 fully saturated rings. The molecule has 0 aliphatic heterocycles. The first kappa shape index (κ1) is 22.3. The quantitative estimate of drug-likeness (QED) is 0.745. The van der Waals surface area contributed by atoms with Crippen molar-refractivity contribution >= 4 is 11.9 Å². The topological polar surface area (TPSA) is 101 Å². The Balaban J connectivity index is 0.000000421. The lowest BCUT2D eigenvalue weighted by Gasteiger charge is -2.04. The van der Waals surface area contributed by atoms with Crippen molar-refractivity contribution in [2.24, 2.45) is 5.73 Å². The van der Waals surface area contributed by atoms with Gasteiger partial charge in [-0.15, -0.1) is 0 Å². The number of hydrogen-bond acceptors (Lipinski definition) is 3. The van der Waals surface area contributed by atoms with Gasteiger partial charge in [-0.05, 0) is 24.0 Å². The maximum Gasteiger partial charge on any atom is 0.320 e. The fourth-order valence-electron chi connectivity index (χ4n) is 1.85. The van der Waals surface area contributed by atoms with Gasteiger partial charge in [-0.25, -0.2) is 0 Å². The lowest BCUT2D eigenvalue weighted by molar-refractivity contribution is -0.138. The van der Waals surface area contributed by atoms with Crippen LogP contribution in [0, 0.1) is 0 Å². The van der Waals surface area contributed by atoms with Gasteiger partial charge in [-0.3, -0.25) is 9.59 Å². The first-order valence-electron chi connectivity index (χ1n) is 8.27. The largest absolute Gasteiger partial charge is 0.481 e. The smallest absolute Gasteiger partial charge is 0.320 e. The Labute approximate surface area is 149 Å². The number of carboxylic acids is 2. The van der Waals surface area contributed by atoms with Crippen LogP contribution in [0.1, 0.15) is 31.4 Å². The zero-order valence-corrected chi connectivity index (χ0v) is 14.8. The number of benzene rings is 2. The summed E-state index contributed by atoms with van der Waals surface area (Å²) in [4.78, 5) is 20.6. The molecule has 2 rings (SSSR count). The summed E-state index contributed by atoms with van der Waals surface area (Å²) in [6, 6.07) is 18.2. The van der Waals surface area contributed by atoms with Gasteiger partial charge in [0, 0.05) is 6.42 Å². The standard InChI is InChI=1S/C9H11NO2.C9H10O2.C2H6/c10-8(9(11)12)6-7-4-2-1-3-5-7;10-9(11)7-6-8-4-2-1-3-5-8;1-2/h1-5,8H,6,10H2,(H,11,12);1-5H,6-7H2,(H,10,11);1-2H3. The van der Waals surface area contributed by atoms with E-state index in [0.29, 0.717) is 12.8 Å². The second-order valence-corrected chi connectivity index (χ2v) is 5.01. The van der Waals surface area contributed by atoms with Crippen molar-refractivity contribution in [3.8, 4) is 0 Å². The van der Waals surface area contributed by atoms with Gasteiger partial charge in [0.25, 0.3) is 0 Å². The summed E-state index contributed by atoms with van der Waals surface area (Å²) >= 11 is 0. The molecule has 0 amide bonds. The number of aliphatic carboxylic acids is 2. The van der Waals surface area contributed by atoms with Gasteiger partial charge >= 0.3 is 11.9 Å². The van der Waals surface area contributed by atoms with E-state index in [2.05, 4.69) is 0 Å². The van der Waals surface area contributed by atoms with Gasteiger partial charge < -0.3 is 15.9 Å². The van der Waals surface area contributed by atoms with E-state index in [4.69, 9.17) is 15.9 Å². The van der Waals surface area contributed by atoms with Crippen molar-refractivity contribution in [2.45, 2.75) is 39.2 Å². The Kier molecular flexibility index (Phi) is 12.3. The number of carbonyl (C=O) groups is 2. The minimum Gasteiger partial charge on any atom is -0.481 e. The maximum absolute atomic E-state index is 10.4. The second-order valence-electron chi connectivity index (χ2n) is 5.01. The number of rotatable bonds is 6. The van der Waals surface area contributed by atoms with Crippen molar-refractivity contribution in [3.05, 3.63) is 71.8 Å². The molecule has 2 aromatic carbocycles. The average Bonchev–Trinajstić information content (AvgIpc) is 2.64. The average molecular weight is 345 g/mol. The highest BCUT2D eigenvalue weighted by molar-refractivity contribution is 5.73. The van der Waals surface area contributed by atoms with Gasteiger partial charge in [-0.2, -0.15) is 0 Å². The van der Waals surface area contributed by atoms with E-state index in [1.165, 1.54) is 0 Å². The van der Waals surface area contributed by atoms with Crippen LogP contribution in [0.2, 0.25) is 0 Å². The minimum absolute atomic E-state index is 0.212. The number of aryl methyl sites for hydroxylation is 1. The van der Waals surface area contributed by atoms with Crippen LogP contribution in [0.4, 0.5) is 0 Å². The van der Waals surface area contributed by atoms with E-state index >= 15 is 0 Å². The molecule has 5 nitrogen and oxygen atoms in total. The Hall–Kier alpha value is -2.66. The predicted octanol–water partition coefficient (Wildman–Crippen LogP) is 3.37. The molecule has 1 unspecified atom stereocenters. The monoisotopic (exact) mass is 345 g/mol. The highest BCUT2D eigenvalue weighted by Gasteiger charge is 2.10. The van der Waals surface area contributed by atoms with E-state index in [1.807, 2.05) is 74.5 Å². The molecule has 1 atom stereocenters. The normalized spacial score (nSPS) is 10.4. The molecular weight excluding hydrogens is 318 g/mol. The van der Waals surface area contributed by atoms with Gasteiger partial charge in [0.05, 0.1) is 0 Å². The van der Waals surface area contributed by atoms with Gasteiger partial charge in [0.15, 0.2) is 0 Å². The molecule has 0 heterocycles. The van der Waals surface area contributed by atoms with Gasteiger partial charge in [-0.1, -0.05) is 74.5 Å². The van der Waals surface area contributed by atoms with E-state index < -0.39 is 18.0 Å². The molecule has 0 aromatic heterocycles. The molecule has 0 spiro atoms. The number of carboxylic acid groups (broad SMARTS) is 2.